The summed E-state index contributed by atoms with van der Waals surface area (Å²) in [5, 5.41) is 5.73. The van der Waals surface area contributed by atoms with E-state index < -0.39 is 0 Å². The summed E-state index contributed by atoms with van der Waals surface area (Å²) >= 11 is 0. The molecular formula is C17H16N2O2. The molecule has 1 aliphatic heterocycles. The molecule has 4 heteroatoms. The minimum absolute atomic E-state index is 0.0687. The quantitative estimate of drug-likeness (QED) is 0.902. The number of fused-ring (bicyclic) bond motifs is 1. The van der Waals surface area contributed by atoms with E-state index in [0.717, 1.165) is 11.1 Å². The Morgan fingerprint density at radius 3 is 2.57 bits per heavy atom. The number of carbonyl (C=O) groups excluding carboxylic acids is 2. The molecule has 2 N–H and O–H groups in total. The highest BCUT2D eigenvalue weighted by atomic mass is 16.2. The van der Waals surface area contributed by atoms with Crippen LogP contribution in [0.15, 0.2) is 54.6 Å². The molecule has 0 fully saturated rings. The van der Waals surface area contributed by atoms with Crippen LogP contribution in [0.1, 0.15) is 33.9 Å². The van der Waals surface area contributed by atoms with E-state index in [9.17, 15) is 9.59 Å². The Morgan fingerprint density at radius 2 is 1.76 bits per heavy atom. The smallest absolute Gasteiger partial charge is 0.252 e. The normalized spacial score (nSPS) is 16.2. The van der Waals surface area contributed by atoms with Crippen LogP contribution in [-0.4, -0.2) is 11.8 Å². The molecule has 1 heterocycles. The fourth-order valence-corrected chi connectivity index (χ4v) is 2.54. The van der Waals surface area contributed by atoms with Gasteiger partial charge in [-0.1, -0.05) is 48.5 Å². The molecule has 4 nitrogen and oxygen atoms in total. The number of amides is 2. The topological polar surface area (TPSA) is 58.2 Å². The molecule has 0 radical (unpaired) electrons. The first-order valence-corrected chi connectivity index (χ1v) is 6.94. The van der Waals surface area contributed by atoms with Crippen molar-refractivity contribution in [2.24, 2.45) is 0 Å². The van der Waals surface area contributed by atoms with Gasteiger partial charge < -0.3 is 10.6 Å². The summed E-state index contributed by atoms with van der Waals surface area (Å²) in [5.74, 6) is -0.174. The van der Waals surface area contributed by atoms with E-state index in [-0.39, 0.29) is 24.3 Å². The van der Waals surface area contributed by atoms with Crippen LogP contribution in [0.25, 0.3) is 0 Å². The van der Waals surface area contributed by atoms with Crippen molar-refractivity contribution in [3.8, 4) is 0 Å². The van der Waals surface area contributed by atoms with E-state index in [0.29, 0.717) is 12.1 Å². The molecule has 2 aromatic rings. The second kappa shape index (κ2) is 5.79. The zero-order valence-electron chi connectivity index (χ0n) is 11.5. The van der Waals surface area contributed by atoms with Crippen LogP contribution in [0.5, 0.6) is 0 Å². The summed E-state index contributed by atoms with van der Waals surface area (Å²) < 4.78 is 0. The molecule has 0 spiro atoms. The first kappa shape index (κ1) is 13.4. The second-order valence-corrected chi connectivity index (χ2v) is 5.08. The predicted octanol–water partition coefficient (Wildman–Crippen LogP) is 2.18. The summed E-state index contributed by atoms with van der Waals surface area (Å²) in [4.78, 5) is 23.8. The van der Waals surface area contributed by atoms with E-state index in [2.05, 4.69) is 10.6 Å². The lowest BCUT2D eigenvalue weighted by Crippen LogP contribution is -2.28. The third-order valence-corrected chi connectivity index (χ3v) is 3.61. The van der Waals surface area contributed by atoms with Crippen molar-refractivity contribution >= 4 is 11.8 Å². The lowest BCUT2D eigenvalue weighted by Gasteiger charge is -2.12. The molecule has 0 aliphatic carbocycles. The van der Waals surface area contributed by atoms with Gasteiger partial charge in [0.15, 0.2) is 0 Å². The highest BCUT2D eigenvalue weighted by Crippen LogP contribution is 2.27. The first-order chi connectivity index (χ1) is 10.2. The molecule has 0 bridgehead atoms. The maximum Gasteiger partial charge on any atom is 0.252 e. The monoisotopic (exact) mass is 280 g/mol. The van der Waals surface area contributed by atoms with E-state index >= 15 is 0 Å². The van der Waals surface area contributed by atoms with Gasteiger partial charge in [0.2, 0.25) is 5.91 Å². The fraction of sp³-hybridized carbons (Fsp3) is 0.176. The van der Waals surface area contributed by atoms with Crippen LogP contribution in [0.3, 0.4) is 0 Å². The number of benzene rings is 2. The van der Waals surface area contributed by atoms with Gasteiger partial charge in [-0.05, 0) is 17.2 Å². The summed E-state index contributed by atoms with van der Waals surface area (Å²) in [6.07, 6.45) is 0.260. The zero-order chi connectivity index (χ0) is 14.7. The maximum atomic E-state index is 12.0. The van der Waals surface area contributed by atoms with Crippen LogP contribution < -0.4 is 10.6 Å². The third kappa shape index (κ3) is 2.94. The third-order valence-electron chi connectivity index (χ3n) is 3.61. The predicted molar refractivity (Wildman–Crippen MR) is 79.6 cm³/mol. The average Bonchev–Trinajstić information content (AvgIpc) is 2.83. The molecule has 1 atom stereocenters. The summed E-state index contributed by atoms with van der Waals surface area (Å²) in [7, 11) is 0. The fourth-order valence-electron chi connectivity index (χ4n) is 2.54. The zero-order valence-corrected chi connectivity index (χ0v) is 11.5. The lowest BCUT2D eigenvalue weighted by molar-refractivity contribution is -0.121. The standard InChI is InChI=1S/C17H16N2O2/c20-16(18-11-12-6-2-1-3-7-12)10-15-13-8-4-5-9-14(13)17(21)19-15/h1-9,15H,10-11H2,(H,18,20)(H,19,21)/t15-/m1/s1. The number of carbonyl (C=O) groups is 2. The number of rotatable bonds is 4. The Hall–Kier alpha value is -2.62. The highest BCUT2D eigenvalue weighted by molar-refractivity contribution is 5.99. The van der Waals surface area contributed by atoms with Crippen LogP contribution in [0.4, 0.5) is 0 Å². The van der Waals surface area contributed by atoms with Crippen LogP contribution in [-0.2, 0) is 11.3 Å². The Balaban J connectivity index is 1.60. The van der Waals surface area contributed by atoms with Crippen molar-refractivity contribution in [3.05, 3.63) is 71.3 Å². The van der Waals surface area contributed by atoms with Crippen molar-refractivity contribution < 1.29 is 9.59 Å². The molecular weight excluding hydrogens is 264 g/mol. The van der Waals surface area contributed by atoms with Crippen molar-refractivity contribution in [2.45, 2.75) is 19.0 Å². The first-order valence-electron chi connectivity index (χ1n) is 6.94. The highest BCUT2D eigenvalue weighted by Gasteiger charge is 2.29. The molecule has 1 aliphatic rings. The van der Waals surface area contributed by atoms with Crippen molar-refractivity contribution in [3.63, 3.8) is 0 Å². The van der Waals surface area contributed by atoms with Crippen LogP contribution in [0, 0.1) is 0 Å². The number of nitrogens with one attached hydrogen (secondary N) is 2. The largest absolute Gasteiger partial charge is 0.352 e. The Bertz CT molecular complexity index is 668. The molecule has 2 amide bonds. The van der Waals surface area contributed by atoms with Crippen molar-refractivity contribution in [1.82, 2.24) is 10.6 Å². The molecule has 0 unspecified atom stereocenters. The molecule has 3 rings (SSSR count). The van der Waals surface area contributed by atoms with Gasteiger partial charge in [-0.25, -0.2) is 0 Å². The van der Waals surface area contributed by atoms with Gasteiger partial charge in [0, 0.05) is 12.1 Å². The summed E-state index contributed by atoms with van der Waals surface area (Å²) in [5.41, 5.74) is 2.62. The van der Waals surface area contributed by atoms with E-state index in [1.807, 2.05) is 48.5 Å². The van der Waals surface area contributed by atoms with Crippen LogP contribution in [0.2, 0.25) is 0 Å². The van der Waals surface area contributed by atoms with Gasteiger partial charge in [-0.15, -0.1) is 0 Å². The Kier molecular flexibility index (Phi) is 3.69. The molecule has 0 aromatic heterocycles. The average molecular weight is 280 g/mol. The molecule has 0 saturated heterocycles. The second-order valence-electron chi connectivity index (χ2n) is 5.08. The minimum Gasteiger partial charge on any atom is -0.352 e. The van der Waals surface area contributed by atoms with Crippen molar-refractivity contribution in [1.29, 1.82) is 0 Å². The number of hydrogen-bond donors (Lipinski definition) is 2. The lowest BCUT2D eigenvalue weighted by atomic mass is 10.0. The maximum absolute atomic E-state index is 12.0. The van der Waals surface area contributed by atoms with E-state index in [1.54, 1.807) is 6.07 Å². The van der Waals surface area contributed by atoms with E-state index in [4.69, 9.17) is 0 Å². The minimum atomic E-state index is -0.232. The van der Waals surface area contributed by atoms with Gasteiger partial charge in [0.05, 0.1) is 12.5 Å². The van der Waals surface area contributed by atoms with Gasteiger partial charge in [-0.3, -0.25) is 9.59 Å². The number of hydrogen-bond acceptors (Lipinski definition) is 2. The van der Waals surface area contributed by atoms with E-state index in [1.165, 1.54) is 0 Å². The van der Waals surface area contributed by atoms with Crippen LogP contribution >= 0.6 is 0 Å². The SMILES string of the molecule is O=C(C[C@H]1NC(=O)c2ccccc21)NCc1ccccc1. The van der Waals surface area contributed by atoms with Gasteiger partial charge in [-0.2, -0.15) is 0 Å². The Morgan fingerprint density at radius 1 is 1.05 bits per heavy atom. The summed E-state index contributed by atoms with van der Waals surface area (Å²) in [6, 6.07) is 16.9. The Labute approximate surface area is 123 Å². The molecule has 106 valence electrons. The summed E-state index contributed by atoms with van der Waals surface area (Å²) in [6.45, 7) is 0.502. The molecule has 0 saturated carbocycles. The molecule has 21 heavy (non-hydrogen) atoms. The van der Waals surface area contributed by atoms with Gasteiger partial charge in [0.25, 0.3) is 5.91 Å². The van der Waals surface area contributed by atoms with Gasteiger partial charge >= 0.3 is 0 Å². The molecule has 2 aromatic carbocycles. The van der Waals surface area contributed by atoms with Crippen molar-refractivity contribution in [2.75, 3.05) is 0 Å². The van der Waals surface area contributed by atoms with Gasteiger partial charge in [0.1, 0.15) is 0 Å².